The Kier molecular flexibility index (Phi) is 5.51. The first kappa shape index (κ1) is 18.3. The van der Waals surface area contributed by atoms with Crippen LogP contribution in [0.25, 0.3) is 0 Å². The molecule has 7 nitrogen and oxygen atoms in total. The summed E-state index contributed by atoms with van der Waals surface area (Å²) >= 11 is 3.39. The van der Waals surface area contributed by atoms with Crippen LogP contribution in [0.4, 0.5) is 5.69 Å². The van der Waals surface area contributed by atoms with Gasteiger partial charge in [-0.25, -0.2) is 4.98 Å². The normalized spacial score (nSPS) is 16.8. The summed E-state index contributed by atoms with van der Waals surface area (Å²) in [6, 6.07) is 8.89. The number of carbonyl (C=O) groups excluding carboxylic acids is 2. The maximum atomic E-state index is 12.4. The molecule has 0 bridgehead atoms. The Bertz CT molecular complexity index is 896. The number of anilines is 1. The molecule has 0 radical (unpaired) electrons. The first-order chi connectivity index (χ1) is 12.4. The van der Waals surface area contributed by atoms with Gasteiger partial charge in [-0.1, -0.05) is 22.0 Å². The topological polar surface area (TPSA) is 84.3 Å². The lowest BCUT2D eigenvalue weighted by atomic mass is 10.1. The highest BCUT2D eigenvalue weighted by atomic mass is 79.9. The first-order valence-electron chi connectivity index (χ1n) is 8.31. The zero-order chi connectivity index (χ0) is 18.7. The highest BCUT2D eigenvalue weighted by Crippen LogP contribution is 2.27. The van der Waals surface area contributed by atoms with Gasteiger partial charge in [0, 0.05) is 48.0 Å². The summed E-state index contributed by atoms with van der Waals surface area (Å²) in [4.78, 5) is 42.1. The predicted molar refractivity (Wildman–Crippen MR) is 101 cm³/mol. The van der Waals surface area contributed by atoms with Crippen LogP contribution in [0, 0.1) is 12.8 Å². The van der Waals surface area contributed by atoms with Gasteiger partial charge in [0.05, 0.1) is 12.2 Å². The number of halogens is 1. The lowest BCUT2D eigenvalue weighted by Crippen LogP contribution is -2.36. The van der Waals surface area contributed by atoms with Crippen molar-refractivity contribution in [3.8, 4) is 0 Å². The Morgan fingerprint density at radius 1 is 1.35 bits per heavy atom. The number of hydrogen-bond donors (Lipinski definition) is 1. The van der Waals surface area contributed by atoms with Crippen LogP contribution < -0.4 is 15.8 Å². The molecule has 2 heterocycles. The van der Waals surface area contributed by atoms with E-state index in [-0.39, 0.29) is 23.8 Å². The number of nitrogens with one attached hydrogen (secondary N) is 1. The molecule has 1 aromatic heterocycles. The molecule has 0 spiro atoms. The van der Waals surface area contributed by atoms with Gasteiger partial charge in [-0.3, -0.25) is 19.0 Å². The maximum absolute atomic E-state index is 12.4. The predicted octanol–water partition coefficient (Wildman–Crippen LogP) is 1.48. The number of aryl methyl sites for hydroxylation is 1. The van der Waals surface area contributed by atoms with Crippen molar-refractivity contribution in [2.24, 2.45) is 5.92 Å². The van der Waals surface area contributed by atoms with Crippen molar-refractivity contribution in [3.63, 3.8) is 0 Å². The molecular formula is C18H19BrN4O3. The van der Waals surface area contributed by atoms with E-state index in [9.17, 15) is 14.4 Å². The fourth-order valence-corrected chi connectivity index (χ4v) is 3.29. The van der Waals surface area contributed by atoms with Crippen LogP contribution >= 0.6 is 15.9 Å². The van der Waals surface area contributed by atoms with E-state index >= 15 is 0 Å². The number of rotatable bonds is 5. The fourth-order valence-electron chi connectivity index (χ4n) is 2.91. The van der Waals surface area contributed by atoms with Crippen molar-refractivity contribution < 1.29 is 9.59 Å². The number of aromatic nitrogens is 2. The summed E-state index contributed by atoms with van der Waals surface area (Å²) in [5, 5.41) is 2.80. The van der Waals surface area contributed by atoms with Gasteiger partial charge in [-0.2, -0.15) is 0 Å². The summed E-state index contributed by atoms with van der Waals surface area (Å²) in [7, 11) is 0. The Morgan fingerprint density at radius 2 is 2.15 bits per heavy atom. The zero-order valence-electron chi connectivity index (χ0n) is 14.3. The number of amides is 2. The Morgan fingerprint density at radius 3 is 2.88 bits per heavy atom. The third kappa shape index (κ3) is 4.19. The monoisotopic (exact) mass is 418 g/mol. The lowest BCUT2D eigenvalue weighted by molar-refractivity contribution is -0.126. The molecule has 0 unspecified atom stereocenters. The van der Waals surface area contributed by atoms with Crippen molar-refractivity contribution >= 4 is 33.4 Å². The summed E-state index contributed by atoms with van der Waals surface area (Å²) in [6.07, 6.45) is 1.66. The van der Waals surface area contributed by atoms with Crippen LogP contribution in [-0.4, -0.2) is 34.5 Å². The van der Waals surface area contributed by atoms with Crippen LogP contribution in [0.1, 0.15) is 12.1 Å². The van der Waals surface area contributed by atoms with Crippen molar-refractivity contribution in [1.82, 2.24) is 14.9 Å². The molecule has 1 atom stereocenters. The van der Waals surface area contributed by atoms with Gasteiger partial charge < -0.3 is 10.2 Å². The van der Waals surface area contributed by atoms with Crippen LogP contribution in [0.15, 0.2) is 45.9 Å². The maximum Gasteiger partial charge on any atom is 0.253 e. The lowest BCUT2D eigenvalue weighted by Gasteiger charge is -2.17. The minimum Gasteiger partial charge on any atom is -0.354 e. The third-order valence-corrected chi connectivity index (χ3v) is 4.78. The quantitative estimate of drug-likeness (QED) is 0.796. The number of benzene rings is 1. The molecule has 1 aromatic carbocycles. The van der Waals surface area contributed by atoms with Gasteiger partial charge in [0.25, 0.3) is 5.56 Å². The summed E-state index contributed by atoms with van der Waals surface area (Å²) in [5.74, 6) is -0.638. The van der Waals surface area contributed by atoms with Gasteiger partial charge in [0.15, 0.2) is 0 Å². The largest absolute Gasteiger partial charge is 0.354 e. The van der Waals surface area contributed by atoms with E-state index < -0.39 is 5.92 Å². The number of nitrogens with zero attached hydrogens (tertiary/aromatic N) is 3. The van der Waals surface area contributed by atoms with Gasteiger partial charge in [0.1, 0.15) is 0 Å². The average Bonchev–Trinajstić information content (AvgIpc) is 2.99. The van der Waals surface area contributed by atoms with E-state index in [2.05, 4.69) is 26.2 Å². The molecule has 1 N–H and O–H groups in total. The molecule has 2 aromatic rings. The van der Waals surface area contributed by atoms with Crippen molar-refractivity contribution in [3.05, 3.63) is 57.2 Å². The van der Waals surface area contributed by atoms with Crippen molar-refractivity contribution in [1.29, 1.82) is 0 Å². The smallest absolute Gasteiger partial charge is 0.253 e. The minimum atomic E-state index is -0.394. The second kappa shape index (κ2) is 7.82. The van der Waals surface area contributed by atoms with E-state index in [1.165, 1.54) is 17.0 Å². The summed E-state index contributed by atoms with van der Waals surface area (Å²) < 4.78 is 2.33. The molecule has 1 fully saturated rings. The molecular weight excluding hydrogens is 400 g/mol. The molecule has 0 aliphatic carbocycles. The van der Waals surface area contributed by atoms with E-state index in [1.54, 1.807) is 11.8 Å². The minimum absolute atomic E-state index is 0.0674. The Balaban J connectivity index is 1.55. The molecule has 1 aliphatic rings. The first-order valence-corrected chi connectivity index (χ1v) is 9.10. The molecule has 2 amide bonds. The fraction of sp³-hybridized carbons (Fsp3) is 0.333. The molecule has 8 heteroatoms. The SMILES string of the molecule is Cc1cc(=O)n(CCNC(=O)[C@@H]2CC(=O)N(c3cccc(Br)c3)C2)cn1. The van der Waals surface area contributed by atoms with Crippen LogP contribution in [0.5, 0.6) is 0 Å². The second-order valence-corrected chi connectivity index (χ2v) is 7.15. The van der Waals surface area contributed by atoms with Crippen LogP contribution in [0.2, 0.25) is 0 Å². The second-order valence-electron chi connectivity index (χ2n) is 6.24. The number of carbonyl (C=O) groups is 2. The van der Waals surface area contributed by atoms with Gasteiger partial charge in [0.2, 0.25) is 11.8 Å². The molecule has 1 saturated heterocycles. The summed E-state index contributed by atoms with van der Waals surface area (Å²) in [5.41, 5.74) is 1.29. The number of hydrogen-bond acceptors (Lipinski definition) is 4. The Labute approximate surface area is 159 Å². The Hall–Kier alpha value is -2.48. The van der Waals surface area contributed by atoms with Crippen LogP contribution in [0.3, 0.4) is 0 Å². The standard InChI is InChI=1S/C18H19BrN4O3/c1-12-7-16(24)22(11-21-12)6-5-20-18(26)13-8-17(25)23(10-13)15-4-2-3-14(19)9-15/h2-4,7,9,11,13H,5-6,8,10H2,1H3,(H,20,26)/t13-/m1/s1. The molecule has 3 rings (SSSR count). The van der Waals surface area contributed by atoms with Crippen molar-refractivity contribution in [2.75, 3.05) is 18.0 Å². The third-order valence-electron chi connectivity index (χ3n) is 4.28. The van der Waals surface area contributed by atoms with Crippen LogP contribution in [-0.2, 0) is 16.1 Å². The molecule has 1 aliphatic heterocycles. The van der Waals surface area contributed by atoms with E-state index in [1.807, 2.05) is 24.3 Å². The highest BCUT2D eigenvalue weighted by molar-refractivity contribution is 9.10. The summed E-state index contributed by atoms with van der Waals surface area (Å²) in [6.45, 7) is 2.76. The van der Waals surface area contributed by atoms with E-state index in [0.717, 1.165) is 10.2 Å². The van der Waals surface area contributed by atoms with E-state index in [4.69, 9.17) is 0 Å². The van der Waals surface area contributed by atoms with Gasteiger partial charge in [-0.15, -0.1) is 0 Å². The molecule has 136 valence electrons. The molecule has 26 heavy (non-hydrogen) atoms. The molecule has 0 saturated carbocycles. The highest BCUT2D eigenvalue weighted by Gasteiger charge is 2.34. The average molecular weight is 419 g/mol. The van der Waals surface area contributed by atoms with Gasteiger partial charge in [-0.05, 0) is 25.1 Å². The van der Waals surface area contributed by atoms with E-state index in [0.29, 0.717) is 25.3 Å². The van der Waals surface area contributed by atoms with Crippen molar-refractivity contribution in [2.45, 2.75) is 19.9 Å². The van der Waals surface area contributed by atoms with Gasteiger partial charge >= 0.3 is 0 Å². The zero-order valence-corrected chi connectivity index (χ0v) is 15.9.